The van der Waals surface area contributed by atoms with E-state index in [0.29, 0.717) is 39.9 Å². The third-order valence-electron chi connectivity index (χ3n) is 7.34. The number of para-hydroxylation sites is 11. The van der Waals surface area contributed by atoms with Gasteiger partial charge in [-0.3, -0.25) is 0 Å². The van der Waals surface area contributed by atoms with E-state index in [1.807, 2.05) is 18.2 Å². The van der Waals surface area contributed by atoms with Crippen molar-refractivity contribution in [2.24, 2.45) is 4.52 Å². The van der Waals surface area contributed by atoms with E-state index < -0.39 is 24.6 Å². The molecule has 0 amide bonds. The molecule has 53 heavy (non-hydrogen) atoms. The van der Waals surface area contributed by atoms with E-state index in [0.717, 1.165) is 0 Å². The summed E-state index contributed by atoms with van der Waals surface area (Å²) in [5.74, 6) is 1.75. The molecule has 1 aliphatic heterocycles. The number of hydrogen-bond donors (Lipinski definition) is 5. The second-order valence-electron chi connectivity index (χ2n) is 11.1. The largest absolute Gasteiger partial charge is 0.447 e. The molecular weight excluding hydrogens is 733 g/mol. The van der Waals surface area contributed by atoms with Crippen molar-refractivity contribution in [3.63, 3.8) is 0 Å². The van der Waals surface area contributed by atoms with E-state index in [-0.39, 0.29) is 23.0 Å². The van der Waals surface area contributed by atoms with Gasteiger partial charge in [0, 0.05) is 9.21 Å². The molecule has 1 heterocycles. The minimum Gasteiger partial charge on any atom is -0.438 e. The Kier molecular flexibility index (Phi) is 10.6. The fourth-order valence-corrected chi connectivity index (χ4v) is 12.3. The van der Waals surface area contributed by atoms with Gasteiger partial charge in [0.15, 0.2) is 17.2 Å². The van der Waals surface area contributed by atoms with Crippen molar-refractivity contribution >= 4 is 53.0 Å². The van der Waals surface area contributed by atoms with Gasteiger partial charge in [-0.1, -0.05) is 78.9 Å². The van der Waals surface area contributed by atoms with Gasteiger partial charge in [0.2, 0.25) is 0 Å². The van der Waals surface area contributed by atoms with E-state index in [1.54, 1.807) is 133 Å². The molecule has 0 fully saturated rings. The van der Waals surface area contributed by atoms with Gasteiger partial charge in [0.25, 0.3) is 0 Å². The molecule has 14 nitrogen and oxygen atoms in total. The first-order chi connectivity index (χ1) is 25.8. The van der Waals surface area contributed by atoms with Gasteiger partial charge in [0.1, 0.15) is 17.2 Å². The van der Waals surface area contributed by atoms with Gasteiger partial charge >= 0.3 is 24.6 Å². The second-order valence-corrected chi connectivity index (χ2v) is 16.7. The Morgan fingerprint density at radius 3 is 1.36 bits per heavy atom. The van der Waals surface area contributed by atoms with E-state index in [1.165, 1.54) is 9.21 Å². The first kappa shape index (κ1) is 35.5. The number of anilines is 5. The lowest BCUT2D eigenvalue weighted by Gasteiger charge is -2.44. The standard InChI is InChI=1S/C36H35N8O6P3/c37-27-16-4-9-21-32(27)45-43-51(47-34-23-11-6-18-29(34)39)42-53(49-26-14-2-1-3-15-26,50-36-25-13-8-20-31(36)41)44(46-33-22-10-5-17-28(33)38)52(43)48-35-24-12-7-19-30(35)40/h1-25H,37-41H2. The summed E-state index contributed by atoms with van der Waals surface area (Å²) >= 11 is 0. The van der Waals surface area contributed by atoms with Gasteiger partial charge in [-0.05, 0) is 72.8 Å². The van der Waals surface area contributed by atoms with Crippen molar-refractivity contribution in [2.45, 2.75) is 0 Å². The van der Waals surface area contributed by atoms with Crippen molar-refractivity contribution in [3.8, 4) is 34.5 Å². The molecule has 6 aromatic rings. The average molecular weight is 769 g/mol. The molecule has 10 N–H and O–H groups in total. The first-order valence-corrected chi connectivity index (χ1v) is 19.9. The Balaban J connectivity index is 1.52. The highest BCUT2D eigenvalue weighted by molar-refractivity contribution is 7.78. The molecule has 270 valence electrons. The van der Waals surface area contributed by atoms with Crippen LogP contribution in [0, 0.1) is 0 Å². The molecule has 0 bridgehead atoms. The van der Waals surface area contributed by atoms with Crippen LogP contribution in [0.1, 0.15) is 0 Å². The van der Waals surface area contributed by atoms with Gasteiger partial charge in [-0.15, -0.1) is 4.52 Å². The summed E-state index contributed by atoms with van der Waals surface area (Å²) in [6, 6.07) is 43.8. The maximum absolute atomic E-state index is 6.88. The third kappa shape index (κ3) is 7.98. The smallest absolute Gasteiger partial charge is 0.438 e. The molecule has 7 rings (SSSR count). The number of nitrogens with two attached hydrogens (primary N) is 5. The van der Waals surface area contributed by atoms with Crippen molar-refractivity contribution < 1.29 is 27.8 Å². The fraction of sp³-hybridized carbons (Fsp3) is 0. The maximum Gasteiger partial charge on any atom is 0.447 e. The number of benzene rings is 6. The van der Waals surface area contributed by atoms with Crippen LogP contribution in [0.5, 0.6) is 34.5 Å². The molecule has 0 aliphatic carbocycles. The maximum atomic E-state index is 6.88. The van der Waals surface area contributed by atoms with Crippen molar-refractivity contribution in [1.82, 2.24) is 9.21 Å². The van der Waals surface area contributed by atoms with E-state index in [4.69, 9.17) is 61.0 Å². The molecule has 0 saturated heterocycles. The van der Waals surface area contributed by atoms with E-state index in [2.05, 4.69) is 0 Å². The van der Waals surface area contributed by atoms with Crippen molar-refractivity contribution in [3.05, 3.63) is 152 Å². The number of nitrogen functional groups attached to an aromatic ring is 5. The van der Waals surface area contributed by atoms with Gasteiger partial charge in [-0.25, -0.2) is 0 Å². The van der Waals surface area contributed by atoms with E-state index in [9.17, 15) is 0 Å². The summed E-state index contributed by atoms with van der Waals surface area (Å²) in [5.41, 5.74) is 33.9. The number of rotatable bonds is 12. The number of hydrogen-bond acceptors (Lipinski definition) is 14. The zero-order chi connectivity index (χ0) is 36.8. The molecule has 0 radical (unpaired) electrons. The van der Waals surface area contributed by atoms with Crippen LogP contribution >= 0.6 is 24.6 Å². The minimum absolute atomic E-state index is 0.240. The topological polar surface area (TPSA) is 204 Å². The highest BCUT2D eigenvalue weighted by Gasteiger charge is 2.58. The van der Waals surface area contributed by atoms with Crippen LogP contribution in [-0.2, 0) is 0 Å². The van der Waals surface area contributed by atoms with E-state index >= 15 is 0 Å². The lowest BCUT2D eigenvalue weighted by molar-refractivity contribution is 0.0556. The van der Waals surface area contributed by atoms with Crippen LogP contribution in [0.25, 0.3) is 0 Å². The highest BCUT2D eigenvalue weighted by atomic mass is 31.3. The van der Waals surface area contributed by atoms with Crippen molar-refractivity contribution in [1.29, 1.82) is 0 Å². The van der Waals surface area contributed by atoms with Crippen LogP contribution in [0.4, 0.5) is 28.4 Å². The van der Waals surface area contributed by atoms with Crippen LogP contribution in [0.15, 0.2) is 156 Å². The summed E-state index contributed by atoms with van der Waals surface area (Å²) in [7, 11) is -8.83. The zero-order valence-electron chi connectivity index (χ0n) is 28.0. The average Bonchev–Trinajstić information content (AvgIpc) is 3.16. The first-order valence-electron chi connectivity index (χ1n) is 16.0. The Hall–Kier alpha value is -5.87. The lowest BCUT2D eigenvalue weighted by atomic mass is 10.3. The lowest BCUT2D eigenvalue weighted by Crippen LogP contribution is -2.37. The quantitative estimate of drug-likeness (QED) is 0.0582. The molecule has 3 unspecified atom stereocenters. The normalized spacial score (nSPS) is 18.6. The van der Waals surface area contributed by atoms with Gasteiger partial charge < -0.3 is 56.4 Å². The fourth-order valence-electron chi connectivity index (χ4n) is 4.71. The van der Waals surface area contributed by atoms with Crippen LogP contribution in [-0.4, -0.2) is 9.21 Å². The Bertz CT molecular complexity index is 2260. The molecule has 0 spiro atoms. The number of nitrogens with zero attached hydrogens (tertiary/aromatic N) is 3. The van der Waals surface area contributed by atoms with Crippen LogP contribution < -0.4 is 56.4 Å². The Labute approximate surface area is 308 Å². The monoisotopic (exact) mass is 768 g/mol. The Morgan fingerprint density at radius 2 is 0.849 bits per heavy atom. The summed E-state index contributed by atoms with van der Waals surface area (Å²) in [4.78, 5) is 13.4. The predicted octanol–water partition coefficient (Wildman–Crippen LogP) is 9.22. The predicted molar refractivity (Wildman–Crippen MR) is 211 cm³/mol. The molecule has 0 saturated carbocycles. The minimum atomic E-state index is -4.05. The molecule has 6 aromatic carbocycles. The SMILES string of the molecule is Nc1ccccc1ON1P(Oc2ccccc2N)N=P(Oc2ccccc2)(Oc2ccccc2N)N(Oc2ccccc2N)P1Oc1ccccc1N. The molecule has 0 aromatic heterocycles. The Morgan fingerprint density at radius 1 is 0.434 bits per heavy atom. The van der Waals surface area contributed by atoms with Gasteiger partial charge in [0.05, 0.1) is 28.4 Å². The summed E-state index contributed by atoms with van der Waals surface area (Å²) in [5, 5.41) is 0. The van der Waals surface area contributed by atoms with Gasteiger partial charge in [-0.2, -0.15) is 0 Å². The van der Waals surface area contributed by atoms with Crippen LogP contribution in [0.2, 0.25) is 0 Å². The van der Waals surface area contributed by atoms with Crippen LogP contribution in [0.3, 0.4) is 0 Å². The molecule has 17 heteroatoms. The van der Waals surface area contributed by atoms with Crippen molar-refractivity contribution in [2.75, 3.05) is 28.7 Å². The summed E-state index contributed by atoms with van der Waals surface area (Å²) < 4.78 is 35.3. The molecule has 3 atom stereocenters. The highest BCUT2D eigenvalue weighted by Crippen LogP contribution is 2.78. The third-order valence-corrected chi connectivity index (χ3v) is 14.2. The zero-order valence-corrected chi connectivity index (χ0v) is 30.6. The summed E-state index contributed by atoms with van der Waals surface area (Å²) in [6.45, 7) is 0. The molecular formula is C36H35N8O6P3. The second kappa shape index (κ2) is 15.8. The molecule has 1 aliphatic rings. The summed E-state index contributed by atoms with van der Waals surface area (Å²) in [6.07, 6.45) is 0.